The van der Waals surface area contributed by atoms with Gasteiger partial charge in [-0.3, -0.25) is 9.48 Å². The number of anilines is 2. The molecule has 0 bridgehead atoms. The molecule has 168 valence electrons. The summed E-state index contributed by atoms with van der Waals surface area (Å²) in [6.07, 6.45) is 2.37. The molecule has 4 rings (SSSR count). The first-order valence-electron chi connectivity index (χ1n) is 10.3. The first-order valence-corrected chi connectivity index (χ1v) is 11.7. The Morgan fingerprint density at radius 3 is 2.59 bits per heavy atom. The van der Waals surface area contributed by atoms with Gasteiger partial charge in [0, 0.05) is 18.5 Å². The predicted octanol–water partition coefficient (Wildman–Crippen LogP) is 3.07. The molecule has 3 aromatic rings. The second kappa shape index (κ2) is 7.76. The van der Waals surface area contributed by atoms with Crippen molar-refractivity contribution >= 4 is 32.2 Å². The lowest BCUT2D eigenvalue weighted by molar-refractivity contribution is 0.151. The molecule has 1 atom stereocenters. The van der Waals surface area contributed by atoms with Crippen molar-refractivity contribution in [2.24, 2.45) is 0 Å². The molecule has 1 aromatic carbocycles. The topological polar surface area (TPSA) is 130 Å². The van der Waals surface area contributed by atoms with Crippen molar-refractivity contribution in [3.63, 3.8) is 0 Å². The average Bonchev–Trinajstić information content (AvgIpc) is 3.34. The molecule has 0 aliphatic carbocycles. The van der Waals surface area contributed by atoms with Crippen LogP contribution in [0.25, 0.3) is 10.9 Å². The minimum atomic E-state index is -3.48. The summed E-state index contributed by atoms with van der Waals surface area (Å²) in [6, 6.07) is 10.3. The van der Waals surface area contributed by atoms with Crippen LogP contribution < -0.4 is 10.9 Å². The molecule has 10 heteroatoms. The third-order valence-electron chi connectivity index (χ3n) is 5.78. The van der Waals surface area contributed by atoms with Gasteiger partial charge >= 0.3 is 0 Å². The van der Waals surface area contributed by atoms with Gasteiger partial charge < -0.3 is 15.0 Å². The zero-order valence-corrected chi connectivity index (χ0v) is 19.0. The van der Waals surface area contributed by atoms with Crippen LogP contribution in [0.5, 0.6) is 0 Å². The second-order valence-corrected chi connectivity index (χ2v) is 11.7. The summed E-state index contributed by atoms with van der Waals surface area (Å²) in [6.45, 7) is 5.82. The molecule has 1 fully saturated rings. The summed E-state index contributed by atoms with van der Waals surface area (Å²) in [5.41, 5.74) is 0.230. The van der Waals surface area contributed by atoms with E-state index in [1.807, 2.05) is 0 Å². The van der Waals surface area contributed by atoms with Crippen LogP contribution >= 0.6 is 0 Å². The van der Waals surface area contributed by atoms with Gasteiger partial charge in [0.2, 0.25) is 0 Å². The Kier molecular flexibility index (Phi) is 5.35. The number of hydrogen-bond acceptors (Lipinski definition) is 7. The van der Waals surface area contributed by atoms with Crippen LogP contribution in [0.4, 0.5) is 11.5 Å². The molecule has 9 nitrogen and oxygen atoms in total. The summed E-state index contributed by atoms with van der Waals surface area (Å²) in [4.78, 5) is 15.5. The van der Waals surface area contributed by atoms with E-state index in [0.29, 0.717) is 42.0 Å². The lowest BCUT2D eigenvalue weighted by Gasteiger charge is -2.25. The number of aromatic amines is 1. The van der Waals surface area contributed by atoms with Gasteiger partial charge in [-0.2, -0.15) is 10.4 Å². The standard InChI is InChI=1S/C22H25N5O4S/c1-21(2,3)32(29,30)16-6-4-15(5-7-16)25-19-18-17(8-12-24-20(18)28)27(26-19)22(9-11-23)10-13-31-14-22/h4-8,12H,9-10,13-14H2,1-3H3,(H,24,28)(H,25,26)/t22-/m0/s1. The molecule has 0 radical (unpaired) electrons. The van der Waals surface area contributed by atoms with E-state index in [1.165, 1.54) is 12.1 Å². The fourth-order valence-corrected chi connectivity index (χ4v) is 5.06. The van der Waals surface area contributed by atoms with Crippen LogP contribution in [0.3, 0.4) is 0 Å². The molecule has 0 saturated carbocycles. The predicted molar refractivity (Wildman–Crippen MR) is 121 cm³/mol. The molecule has 2 aromatic heterocycles. The van der Waals surface area contributed by atoms with Crippen molar-refractivity contribution in [2.75, 3.05) is 18.5 Å². The third-order valence-corrected chi connectivity index (χ3v) is 8.28. The Bertz CT molecular complexity index is 1350. The molecule has 2 N–H and O–H groups in total. The quantitative estimate of drug-likeness (QED) is 0.605. The molecule has 3 heterocycles. The molecule has 1 aliphatic rings. The molecular formula is C22H25N5O4S. The van der Waals surface area contributed by atoms with Crippen LogP contribution in [-0.2, 0) is 20.1 Å². The number of pyridine rings is 1. The van der Waals surface area contributed by atoms with Crippen LogP contribution in [0.2, 0.25) is 0 Å². The number of hydrogen-bond donors (Lipinski definition) is 2. The van der Waals surface area contributed by atoms with Crippen LogP contribution in [0.1, 0.15) is 33.6 Å². The highest BCUT2D eigenvalue weighted by molar-refractivity contribution is 7.92. The number of ether oxygens (including phenoxy) is 1. The van der Waals surface area contributed by atoms with E-state index in [4.69, 9.17) is 4.74 Å². The first-order chi connectivity index (χ1) is 15.1. The van der Waals surface area contributed by atoms with Gasteiger partial charge in [-0.05, 0) is 57.5 Å². The van der Waals surface area contributed by atoms with Crippen molar-refractivity contribution < 1.29 is 13.2 Å². The Morgan fingerprint density at radius 2 is 2.00 bits per heavy atom. The Labute approximate surface area is 185 Å². The van der Waals surface area contributed by atoms with Crippen molar-refractivity contribution in [3.8, 4) is 6.07 Å². The molecule has 1 saturated heterocycles. The first kappa shape index (κ1) is 22.0. The van der Waals surface area contributed by atoms with Gasteiger partial charge in [0.15, 0.2) is 15.7 Å². The smallest absolute Gasteiger partial charge is 0.261 e. The minimum Gasteiger partial charge on any atom is -0.379 e. The van der Waals surface area contributed by atoms with E-state index in [1.54, 1.807) is 49.8 Å². The van der Waals surface area contributed by atoms with Gasteiger partial charge in [-0.25, -0.2) is 8.42 Å². The average molecular weight is 456 g/mol. The largest absolute Gasteiger partial charge is 0.379 e. The van der Waals surface area contributed by atoms with E-state index >= 15 is 0 Å². The number of nitriles is 1. The minimum absolute atomic E-state index is 0.204. The van der Waals surface area contributed by atoms with Gasteiger partial charge in [-0.15, -0.1) is 0 Å². The Hall–Kier alpha value is -3.16. The summed E-state index contributed by atoms with van der Waals surface area (Å²) in [5, 5.41) is 17.6. The SMILES string of the molecule is CC(C)(C)S(=O)(=O)c1ccc(Nc2nn([C@@]3(CC#N)CCOC3)c3cc[nH]c(=O)c23)cc1. The highest BCUT2D eigenvalue weighted by Gasteiger charge is 2.39. The summed E-state index contributed by atoms with van der Waals surface area (Å²) in [5.74, 6) is 0.331. The maximum absolute atomic E-state index is 12.7. The molecule has 32 heavy (non-hydrogen) atoms. The van der Waals surface area contributed by atoms with Gasteiger partial charge in [0.1, 0.15) is 10.9 Å². The number of H-pyrrole nitrogens is 1. The monoisotopic (exact) mass is 455 g/mol. The highest BCUT2D eigenvalue weighted by Crippen LogP contribution is 2.35. The van der Waals surface area contributed by atoms with E-state index in [9.17, 15) is 18.5 Å². The summed E-state index contributed by atoms with van der Waals surface area (Å²) < 4.78 is 31.7. The maximum atomic E-state index is 12.7. The highest BCUT2D eigenvalue weighted by atomic mass is 32.2. The molecule has 0 spiro atoms. The fraction of sp³-hybridized carbons (Fsp3) is 0.409. The van der Waals surface area contributed by atoms with E-state index in [0.717, 1.165) is 0 Å². The number of fused-ring (bicyclic) bond motifs is 1. The summed E-state index contributed by atoms with van der Waals surface area (Å²) >= 11 is 0. The lowest BCUT2D eigenvalue weighted by atomic mass is 9.95. The van der Waals surface area contributed by atoms with Crippen LogP contribution in [0, 0.1) is 11.3 Å². The number of sulfone groups is 1. The van der Waals surface area contributed by atoms with E-state index < -0.39 is 20.1 Å². The number of rotatable bonds is 5. The summed E-state index contributed by atoms with van der Waals surface area (Å²) in [7, 11) is -3.48. The molecule has 1 aliphatic heterocycles. The van der Waals surface area contributed by atoms with Crippen LogP contribution in [0.15, 0.2) is 46.2 Å². The molecular weight excluding hydrogens is 430 g/mol. The van der Waals surface area contributed by atoms with Crippen molar-refractivity contribution in [2.45, 2.75) is 48.8 Å². The Morgan fingerprint density at radius 1 is 1.28 bits per heavy atom. The zero-order chi connectivity index (χ0) is 23.1. The van der Waals surface area contributed by atoms with E-state index in [2.05, 4.69) is 21.5 Å². The fourth-order valence-electron chi connectivity index (χ4n) is 3.86. The van der Waals surface area contributed by atoms with Crippen molar-refractivity contribution in [1.29, 1.82) is 5.26 Å². The van der Waals surface area contributed by atoms with Crippen molar-refractivity contribution in [1.82, 2.24) is 14.8 Å². The van der Waals surface area contributed by atoms with Gasteiger partial charge in [0.25, 0.3) is 5.56 Å². The van der Waals surface area contributed by atoms with Gasteiger partial charge in [0.05, 0.1) is 34.3 Å². The Balaban J connectivity index is 1.77. The molecule has 0 unspecified atom stereocenters. The molecule has 0 amide bonds. The number of benzene rings is 1. The number of nitrogens with one attached hydrogen (secondary N) is 2. The van der Waals surface area contributed by atoms with Crippen LogP contribution in [-0.4, -0.2) is 41.1 Å². The maximum Gasteiger partial charge on any atom is 0.261 e. The van der Waals surface area contributed by atoms with Crippen molar-refractivity contribution in [3.05, 3.63) is 46.9 Å². The third kappa shape index (κ3) is 3.57. The normalized spacial score (nSPS) is 19.2. The lowest BCUT2D eigenvalue weighted by Crippen LogP contribution is -2.34. The number of aromatic nitrogens is 3. The van der Waals surface area contributed by atoms with Gasteiger partial charge in [-0.1, -0.05) is 0 Å². The number of nitrogens with zero attached hydrogens (tertiary/aromatic N) is 3. The second-order valence-electron chi connectivity index (χ2n) is 8.95. The zero-order valence-electron chi connectivity index (χ0n) is 18.2. The van der Waals surface area contributed by atoms with E-state index in [-0.39, 0.29) is 16.9 Å².